The lowest BCUT2D eigenvalue weighted by molar-refractivity contribution is -0.124. The molecule has 0 spiro atoms. The van der Waals surface area contributed by atoms with Crippen LogP contribution in [0.3, 0.4) is 0 Å². The molecule has 1 fully saturated rings. The van der Waals surface area contributed by atoms with Crippen LogP contribution < -0.4 is 21.1 Å². The van der Waals surface area contributed by atoms with Gasteiger partial charge in [0.1, 0.15) is 24.2 Å². The Hall–Kier alpha value is -4.05. The number of benzene rings is 2. The smallest absolute Gasteiger partial charge is 0.219 e. The summed E-state index contributed by atoms with van der Waals surface area (Å²) in [5.41, 5.74) is 13.3. The summed E-state index contributed by atoms with van der Waals surface area (Å²) in [6.07, 6.45) is 5.17. The molecule has 0 aliphatic carbocycles. The number of ether oxygens (including phenoxy) is 1. The van der Waals surface area contributed by atoms with Crippen LogP contribution in [-0.2, 0) is 16.0 Å². The Labute approximate surface area is 201 Å². The lowest BCUT2D eigenvalue weighted by atomic mass is 9.99. The fraction of sp³-hybridized carbons (Fsp3) is 0.320. The monoisotopic (exact) mass is 473 g/mol. The molecule has 1 amide bonds. The number of rotatable bonds is 9. The van der Waals surface area contributed by atoms with Gasteiger partial charge in [0.05, 0.1) is 18.4 Å². The number of nitrogens with one attached hydrogen (secondary N) is 1. The van der Waals surface area contributed by atoms with Crippen molar-refractivity contribution in [2.45, 2.75) is 37.8 Å². The zero-order chi connectivity index (χ0) is 24.4. The van der Waals surface area contributed by atoms with E-state index in [0.29, 0.717) is 12.3 Å². The van der Waals surface area contributed by atoms with Crippen molar-refractivity contribution in [3.63, 3.8) is 0 Å². The summed E-state index contributed by atoms with van der Waals surface area (Å²) in [5, 5.41) is 1.93. The number of nitrogens with two attached hydrogens (primary N) is 2. The molecular weight excluding hydrogens is 446 g/mol. The van der Waals surface area contributed by atoms with Gasteiger partial charge in [0, 0.05) is 24.8 Å². The van der Waals surface area contributed by atoms with E-state index < -0.39 is 11.9 Å². The first kappa shape index (κ1) is 22.7. The van der Waals surface area contributed by atoms with Crippen molar-refractivity contribution >= 4 is 39.4 Å². The molecule has 1 saturated heterocycles. The van der Waals surface area contributed by atoms with E-state index in [1.54, 1.807) is 6.33 Å². The summed E-state index contributed by atoms with van der Waals surface area (Å²) < 4.78 is 6.33. The van der Waals surface area contributed by atoms with Gasteiger partial charge in [-0.25, -0.2) is 15.0 Å². The van der Waals surface area contributed by atoms with Gasteiger partial charge in [-0.2, -0.15) is 0 Å². The number of Topliss-reactive ketones (excluding diaryl/α,β-unsaturated/α-hetero) is 1. The second-order valence-electron chi connectivity index (χ2n) is 8.83. The number of hydrogen-bond donors (Lipinski definition) is 3. The van der Waals surface area contributed by atoms with E-state index in [0.717, 1.165) is 52.8 Å². The maximum absolute atomic E-state index is 12.4. The van der Waals surface area contributed by atoms with Crippen molar-refractivity contribution in [2.24, 2.45) is 11.5 Å². The normalized spacial score (nSPS) is 16.6. The van der Waals surface area contributed by atoms with E-state index in [-0.39, 0.29) is 24.7 Å². The highest BCUT2D eigenvalue weighted by molar-refractivity contribution is 5.93. The van der Waals surface area contributed by atoms with Crippen LogP contribution in [0.1, 0.15) is 24.8 Å². The molecule has 2 aromatic heterocycles. The van der Waals surface area contributed by atoms with Gasteiger partial charge >= 0.3 is 0 Å². The first-order valence-corrected chi connectivity index (χ1v) is 11.6. The van der Waals surface area contributed by atoms with Crippen molar-refractivity contribution in [1.82, 2.24) is 19.9 Å². The lowest BCUT2D eigenvalue weighted by Crippen LogP contribution is -2.36. The second kappa shape index (κ2) is 9.67. The number of aromatic nitrogens is 4. The first-order chi connectivity index (χ1) is 17.0. The van der Waals surface area contributed by atoms with Crippen LogP contribution in [0.2, 0.25) is 0 Å². The van der Waals surface area contributed by atoms with Crippen molar-refractivity contribution in [2.75, 3.05) is 18.1 Å². The molecule has 35 heavy (non-hydrogen) atoms. The summed E-state index contributed by atoms with van der Waals surface area (Å²) in [4.78, 5) is 41.9. The van der Waals surface area contributed by atoms with E-state index in [1.165, 1.54) is 6.33 Å². The molecule has 2 aromatic carbocycles. The predicted molar refractivity (Wildman–Crippen MR) is 132 cm³/mol. The maximum atomic E-state index is 12.4. The first-order valence-electron chi connectivity index (χ1n) is 11.6. The zero-order valence-electron chi connectivity index (χ0n) is 19.2. The standard InChI is InChI=1S/C25H27N7O3/c26-19(11-22(27)34)20(33)10-15-6-7-16-3-1-5-21(18(16)9-15)35-12-17-4-2-8-32(17)25-23-24(29-13-28-23)30-14-31-25/h1,3,5-7,9,13-14,17,19H,2,4,8,10-12,26H2,(H2,27,34)(H,28,29,30,31)/t17-,19-/m1/s1. The molecule has 2 atom stereocenters. The molecule has 4 aromatic rings. The maximum Gasteiger partial charge on any atom is 0.219 e. The van der Waals surface area contributed by atoms with Gasteiger partial charge in [0.2, 0.25) is 5.91 Å². The lowest BCUT2D eigenvalue weighted by Gasteiger charge is -2.26. The zero-order valence-corrected chi connectivity index (χ0v) is 19.2. The van der Waals surface area contributed by atoms with E-state index >= 15 is 0 Å². The molecule has 1 aliphatic rings. The van der Waals surface area contributed by atoms with E-state index in [4.69, 9.17) is 16.2 Å². The number of ketones is 1. The molecule has 10 nitrogen and oxygen atoms in total. The van der Waals surface area contributed by atoms with Gasteiger partial charge in [-0.15, -0.1) is 0 Å². The quantitative estimate of drug-likeness (QED) is 0.333. The highest BCUT2D eigenvalue weighted by atomic mass is 16.5. The Morgan fingerprint density at radius 2 is 2.09 bits per heavy atom. The van der Waals surface area contributed by atoms with Crippen LogP contribution >= 0.6 is 0 Å². The molecule has 0 saturated carbocycles. The molecule has 3 heterocycles. The number of amides is 1. The van der Waals surface area contributed by atoms with Gasteiger partial charge in [0.15, 0.2) is 17.2 Å². The Kier molecular flexibility index (Phi) is 6.28. The van der Waals surface area contributed by atoms with Gasteiger partial charge in [-0.05, 0) is 35.9 Å². The van der Waals surface area contributed by atoms with Crippen LogP contribution in [-0.4, -0.2) is 56.9 Å². The highest BCUT2D eigenvalue weighted by Crippen LogP contribution is 2.31. The molecule has 0 unspecified atom stereocenters. The minimum absolute atomic E-state index is 0.128. The molecule has 1 aliphatic heterocycles. The average molecular weight is 474 g/mol. The average Bonchev–Trinajstić information content (AvgIpc) is 3.51. The number of fused-ring (bicyclic) bond motifs is 2. The molecule has 5 N–H and O–H groups in total. The van der Waals surface area contributed by atoms with Crippen LogP contribution in [0.25, 0.3) is 21.9 Å². The molecular formula is C25H27N7O3. The topological polar surface area (TPSA) is 153 Å². The van der Waals surface area contributed by atoms with Crippen LogP contribution in [0.15, 0.2) is 49.1 Å². The number of H-pyrrole nitrogens is 1. The van der Waals surface area contributed by atoms with Crippen LogP contribution in [0.5, 0.6) is 5.75 Å². The van der Waals surface area contributed by atoms with Gasteiger partial charge < -0.3 is 26.1 Å². The summed E-state index contributed by atoms with van der Waals surface area (Å²) in [6.45, 7) is 1.37. The third-order valence-electron chi connectivity index (χ3n) is 6.40. The SMILES string of the molecule is NC(=O)C[C@@H](N)C(=O)Cc1ccc2cccc(OC[C@H]3CCCN3c3ncnc4nc[nH]c34)c2c1. The van der Waals surface area contributed by atoms with Gasteiger partial charge in [-0.1, -0.05) is 24.3 Å². The van der Waals surface area contributed by atoms with Crippen LogP contribution in [0.4, 0.5) is 5.82 Å². The van der Waals surface area contributed by atoms with E-state index in [2.05, 4.69) is 24.8 Å². The molecule has 10 heteroatoms. The van der Waals surface area contributed by atoms with E-state index in [9.17, 15) is 9.59 Å². The largest absolute Gasteiger partial charge is 0.491 e. The van der Waals surface area contributed by atoms with Crippen molar-refractivity contribution < 1.29 is 14.3 Å². The Morgan fingerprint density at radius 1 is 1.20 bits per heavy atom. The van der Waals surface area contributed by atoms with Crippen LogP contribution in [0, 0.1) is 0 Å². The minimum atomic E-state index is -0.897. The Morgan fingerprint density at radius 3 is 2.94 bits per heavy atom. The highest BCUT2D eigenvalue weighted by Gasteiger charge is 2.28. The van der Waals surface area contributed by atoms with Crippen molar-refractivity contribution in [3.8, 4) is 5.75 Å². The minimum Gasteiger partial charge on any atom is -0.491 e. The number of carbonyl (C=O) groups is 2. The van der Waals surface area contributed by atoms with Crippen molar-refractivity contribution in [3.05, 3.63) is 54.6 Å². The Balaban J connectivity index is 1.33. The molecule has 5 rings (SSSR count). The second-order valence-corrected chi connectivity index (χ2v) is 8.83. The summed E-state index contributed by atoms with van der Waals surface area (Å²) in [6, 6.07) is 11.0. The van der Waals surface area contributed by atoms with E-state index in [1.807, 2.05) is 36.4 Å². The van der Waals surface area contributed by atoms with Crippen molar-refractivity contribution in [1.29, 1.82) is 0 Å². The summed E-state index contributed by atoms with van der Waals surface area (Å²) in [5.74, 6) is 0.776. The third-order valence-corrected chi connectivity index (χ3v) is 6.40. The third kappa shape index (κ3) is 4.78. The fourth-order valence-electron chi connectivity index (χ4n) is 4.63. The Bertz CT molecular complexity index is 1390. The fourth-order valence-corrected chi connectivity index (χ4v) is 4.63. The number of nitrogens with zero attached hydrogens (tertiary/aromatic N) is 4. The predicted octanol–water partition coefficient (Wildman–Crippen LogP) is 1.87. The summed E-state index contributed by atoms with van der Waals surface area (Å²) >= 11 is 0. The number of aromatic amines is 1. The molecule has 180 valence electrons. The van der Waals surface area contributed by atoms with Gasteiger partial charge in [0.25, 0.3) is 0 Å². The number of primary amides is 1. The summed E-state index contributed by atoms with van der Waals surface area (Å²) in [7, 11) is 0. The number of carbonyl (C=O) groups excluding carboxylic acids is 2. The number of imidazole rings is 1. The number of hydrogen-bond acceptors (Lipinski definition) is 8. The van der Waals surface area contributed by atoms with Gasteiger partial charge in [-0.3, -0.25) is 9.59 Å². The molecule has 0 bridgehead atoms. The number of anilines is 1. The molecule has 0 radical (unpaired) electrons.